The molecular weight excluding hydrogens is 285 g/mol. The third-order valence-corrected chi connectivity index (χ3v) is 3.89. The molecule has 0 aliphatic heterocycles. The summed E-state index contributed by atoms with van der Waals surface area (Å²) in [7, 11) is -2.60. The molecule has 0 amide bonds. The molecule has 0 unspecified atom stereocenters. The zero-order chi connectivity index (χ0) is 14.9. The molecule has 1 heterocycles. The highest BCUT2D eigenvalue weighted by atomic mass is 32.2. The van der Waals surface area contributed by atoms with Gasteiger partial charge in [-0.2, -0.15) is 0 Å². The number of hydrogen-bond acceptors (Lipinski definition) is 4. The first kappa shape index (κ1) is 14.2. The van der Waals surface area contributed by atoms with E-state index in [1.165, 1.54) is 36.1 Å². The van der Waals surface area contributed by atoms with Crippen molar-refractivity contribution in [2.75, 3.05) is 4.72 Å². The van der Waals surface area contributed by atoms with Crippen LogP contribution >= 0.6 is 0 Å². The quantitative estimate of drug-likeness (QED) is 0.917. The number of nitrogens with one attached hydrogen (secondary N) is 1. The number of aromatic nitrogens is 2. The summed E-state index contributed by atoms with van der Waals surface area (Å²) in [5, 5.41) is 0. The van der Waals surface area contributed by atoms with Crippen LogP contribution in [0.3, 0.4) is 0 Å². The van der Waals surface area contributed by atoms with Crippen LogP contribution in [0.15, 0.2) is 40.3 Å². The number of benzene rings is 1. The van der Waals surface area contributed by atoms with Gasteiger partial charge >= 0.3 is 0 Å². The first-order valence-electron chi connectivity index (χ1n) is 5.61. The van der Waals surface area contributed by atoms with E-state index in [1.54, 1.807) is 6.92 Å². The van der Waals surface area contributed by atoms with Gasteiger partial charge in [0.05, 0.1) is 4.90 Å². The molecule has 0 aliphatic carbocycles. The molecule has 2 rings (SSSR count). The monoisotopic (exact) mass is 297 g/mol. The van der Waals surface area contributed by atoms with Crippen LogP contribution in [-0.4, -0.2) is 18.0 Å². The predicted octanol–water partition coefficient (Wildman–Crippen LogP) is 1.03. The highest BCUT2D eigenvalue weighted by Gasteiger charge is 2.18. The van der Waals surface area contributed by atoms with Crippen molar-refractivity contribution in [2.45, 2.75) is 11.8 Å². The smallest absolute Gasteiger partial charge is 0.294 e. The van der Waals surface area contributed by atoms with Gasteiger partial charge in [0.25, 0.3) is 15.6 Å². The Hall–Kier alpha value is -2.22. The molecule has 0 saturated carbocycles. The zero-order valence-corrected chi connectivity index (χ0v) is 11.6. The standard InChI is InChI=1S/C12H12FN3O3S/c1-8-5-9(13)7-10(6-8)20(18,19)15-11-12(17)16(2)4-3-14-11/h3-7H,1-2H3,(H,14,15). The van der Waals surface area contributed by atoms with Crippen molar-refractivity contribution in [1.29, 1.82) is 0 Å². The maximum atomic E-state index is 13.3. The van der Waals surface area contributed by atoms with E-state index in [-0.39, 0.29) is 10.7 Å². The van der Waals surface area contributed by atoms with Crippen molar-refractivity contribution < 1.29 is 12.8 Å². The molecule has 1 aromatic carbocycles. The summed E-state index contributed by atoms with van der Waals surface area (Å²) < 4.78 is 40.7. The molecule has 0 saturated heterocycles. The molecule has 106 valence electrons. The highest BCUT2D eigenvalue weighted by molar-refractivity contribution is 7.92. The molecule has 0 spiro atoms. The number of nitrogens with zero attached hydrogens (tertiary/aromatic N) is 2. The second-order valence-corrected chi connectivity index (χ2v) is 5.94. The summed E-state index contributed by atoms with van der Waals surface area (Å²) in [6.07, 6.45) is 2.68. The minimum atomic E-state index is -4.06. The summed E-state index contributed by atoms with van der Waals surface area (Å²) >= 11 is 0. The number of hydrogen-bond donors (Lipinski definition) is 1. The summed E-state index contributed by atoms with van der Waals surface area (Å²) in [6, 6.07) is 3.39. The Labute approximate surface area is 115 Å². The molecule has 0 bridgehead atoms. The van der Waals surface area contributed by atoms with Crippen molar-refractivity contribution in [3.63, 3.8) is 0 Å². The van der Waals surface area contributed by atoms with Crippen molar-refractivity contribution in [3.05, 3.63) is 52.3 Å². The Morgan fingerprint density at radius 3 is 2.65 bits per heavy atom. The predicted molar refractivity (Wildman–Crippen MR) is 71.4 cm³/mol. The third-order valence-electron chi connectivity index (χ3n) is 2.57. The van der Waals surface area contributed by atoms with E-state index in [0.29, 0.717) is 5.56 Å². The molecular formula is C12H12FN3O3S. The number of halogens is 1. The van der Waals surface area contributed by atoms with E-state index in [4.69, 9.17) is 0 Å². The van der Waals surface area contributed by atoms with E-state index in [1.807, 2.05) is 0 Å². The fourth-order valence-corrected chi connectivity index (χ4v) is 2.73. The van der Waals surface area contributed by atoms with Crippen molar-refractivity contribution in [1.82, 2.24) is 9.55 Å². The second kappa shape index (κ2) is 5.04. The fraction of sp³-hybridized carbons (Fsp3) is 0.167. The normalized spacial score (nSPS) is 11.3. The van der Waals surface area contributed by atoms with Gasteiger partial charge in [0, 0.05) is 19.4 Å². The lowest BCUT2D eigenvalue weighted by Crippen LogP contribution is -2.25. The van der Waals surface area contributed by atoms with Crippen LogP contribution in [0.1, 0.15) is 5.56 Å². The summed E-state index contributed by atoms with van der Waals surface area (Å²) in [5.74, 6) is -1.00. The van der Waals surface area contributed by atoms with Crippen LogP contribution in [0.5, 0.6) is 0 Å². The molecule has 20 heavy (non-hydrogen) atoms. The number of aryl methyl sites for hydroxylation is 2. The Bertz CT molecular complexity index is 795. The Balaban J connectivity index is 2.46. The van der Waals surface area contributed by atoms with E-state index in [0.717, 1.165) is 6.07 Å². The van der Waals surface area contributed by atoms with Gasteiger partial charge in [-0.05, 0) is 30.7 Å². The Morgan fingerprint density at radius 2 is 2.00 bits per heavy atom. The molecule has 8 heteroatoms. The van der Waals surface area contributed by atoms with Crippen LogP contribution < -0.4 is 10.3 Å². The molecule has 0 radical (unpaired) electrons. The topological polar surface area (TPSA) is 81.1 Å². The van der Waals surface area contributed by atoms with Gasteiger partial charge in [0.1, 0.15) is 5.82 Å². The van der Waals surface area contributed by atoms with Crippen molar-refractivity contribution >= 4 is 15.8 Å². The zero-order valence-electron chi connectivity index (χ0n) is 10.8. The molecule has 0 atom stereocenters. The lowest BCUT2D eigenvalue weighted by molar-refractivity contribution is 0.594. The third kappa shape index (κ3) is 2.85. The first-order valence-corrected chi connectivity index (χ1v) is 7.09. The van der Waals surface area contributed by atoms with Crippen LogP contribution in [-0.2, 0) is 17.1 Å². The van der Waals surface area contributed by atoms with Crippen LogP contribution in [0, 0.1) is 12.7 Å². The SMILES string of the molecule is Cc1cc(F)cc(S(=O)(=O)Nc2nccn(C)c2=O)c1. The van der Waals surface area contributed by atoms with E-state index >= 15 is 0 Å². The summed E-state index contributed by atoms with van der Waals surface area (Å²) in [6.45, 7) is 1.57. The second-order valence-electron chi connectivity index (χ2n) is 4.26. The summed E-state index contributed by atoms with van der Waals surface area (Å²) in [4.78, 5) is 15.1. The Morgan fingerprint density at radius 1 is 1.30 bits per heavy atom. The van der Waals surface area contributed by atoms with E-state index < -0.39 is 21.4 Å². The minimum Gasteiger partial charge on any atom is -0.314 e. The van der Waals surface area contributed by atoms with Gasteiger partial charge in [0.15, 0.2) is 0 Å². The molecule has 6 nitrogen and oxygen atoms in total. The first-order chi connectivity index (χ1) is 9.29. The van der Waals surface area contributed by atoms with Crippen LogP contribution in [0.4, 0.5) is 10.2 Å². The molecule has 2 aromatic rings. The van der Waals surface area contributed by atoms with Crippen LogP contribution in [0.25, 0.3) is 0 Å². The van der Waals surface area contributed by atoms with Gasteiger partial charge in [-0.1, -0.05) is 0 Å². The molecule has 1 aromatic heterocycles. The largest absolute Gasteiger partial charge is 0.314 e. The van der Waals surface area contributed by atoms with Crippen molar-refractivity contribution in [3.8, 4) is 0 Å². The molecule has 0 aliphatic rings. The van der Waals surface area contributed by atoms with Gasteiger partial charge in [0.2, 0.25) is 5.82 Å². The number of anilines is 1. The Kier molecular flexibility index (Phi) is 3.58. The van der Waals surface area contributed by atoms with Gasteiger partial charge in [-0.25, -0.2) is 17.8 Å². The number of sulfonamides is 1. The minimum absolute atomic E-state index is 0.261. The number of rotatable bonds is 3. The van der Waals surface area contributed by atoms with Gasteiger partial charge in [-0.3, -0.25) is 9.52 Å². The highest BCUT2D eigenvalue weighted by Crippen LogP contribution is 2.15. The molecule has 0 fully saturated rings. The van der Waals surface area contributed by atoms with E-state index in [2.05, 4.69) is 9.71 Å². The van der Waals surface area contributed by atoms with Crippen molar-refractivity contribution in [2.24, 2.45) is 7.05 Å². The lowest BCUT2D eigenvalue weighted by atomic mass is 10.2. The van der Waals surface area contributed by atoms with E-state index in [9.17, 15) is 17.6 Å². The van der Waals surface area contributed by atoms with Crippen LogP contribution in [0.2, 0.25) is 0 Å². The fourth-order valence-electron chi connectivity index (χ4n) is 1.61. The average Bonchev–Trinajstić information content (AvgIpc) is 2.33. The lowest BCUT2D eigenvalue weighted by Gasteiger charge is -2.08. The van der Waals surface area contributed by atoms with Gasteiger partial charge < -0.3 is 4.57 Å². The maximum Gasteiger partial charge on any atom is 0.294 e. The summed E-state index contributed by atoms with van der Waals surface area (Å²) in [5.41, 5.74) is -0.136. The molecule has 1 N–H and O–H groups in total. The average molecular weight is 297 g/mol. The van der Waals surface area contributed by atoms with Gasteiger partial charge in [-0.15, -0.1) is 0 Å². The maximum absolute atomic E-state index is 13.3.